The van der Waals surface area contributed by atoms with Crippen molar-refractivity contribution in [1.82, 2.24) is 9.80 Å². The van der Waals surface area contributed by atoms with Gasteiger partial charge in [0.1, 0.15) is 0 Å². The summed E-state index contributed by atoms with van der Waals surface area (Å²) in [5, 5.41) is 0. The molecular formula is C52H102N2O5. The van der Waals surface area contributed by atoms with Crippen LogP contribution in [0.1, 0.15) is 246 Å². The fourth-order valence-electron chi connectivity index (χ4n) is 8.82. The molecule has 1 saturated heterocycles. The average Bonchev–Trinajstić information content (AvgIpc) is 3.22. The zero-order valence-corrected chi connectivity index (χ0v) is 40.4. The minimum absolute atomic E-state index is 0.0285. The highest BCUT2D eigenvalue weighted by Crippen LogP contribution is 2.23. The topological polar surface area (TPSA) is 68.3 Å². The summed E-state index contributed by atoms with van der Waals surface area (Å²) in [7, 11) is 2.23. The maximum absolute atomic E-state index is 12.6. The van der Waals surface area contributed by atoms with E-state index in [1.807, 2.05) is 0 Å². The predicted molar refractivity (Wildman–Crippen MR) is 252 cm³/mol. The Kier molecular flexibility index (Phi) is 39.9. The molecule has 7 nitrogen and oxygen atoms in total. The lowest BCUT2D eigenvalue weighted by atomic mass is 9.92. The number of unbranched alkanes of at least 4 members (excludes halogenated alkanes) is 19. The summed E-state index contributed by atoms with van der Waals surface area (Å²) in [5.41, 5.74) is 0. The number of likely N-dealkylation sites (N-methyl/N-ethyl adjacent to an activating group) is 1. The minimum atomic E-state index is 0.0285. The maximum atomic E-state index is 12.6. The lowest BCUT2D eigenvalue weighted by Crippen LogP contribution is -2.44. The lowest BCUT2D eigenvalue weighted by Gasteiger charge is -2.32. The molecule has 0 atom stereocenters. The second-order valence-corrected chi connectivity index (χ2v) is 18.7. The average molecular weight is 835 g/mol. The third kappa shape index (κ3) is 36.1. The van der Waals surface area contributed by atoms with Crippen LogP contribution in [0.2, 0.25) is 0 Å². The molecule has 0 radical (unpaired) electrons. The highest BCUT2D eigenvalue weighted by molar-refractivity contribution is 5.70. The molecule has 0 unspecified atom stereocenters. The van der Waals surface area contributed by atoms with Crippen LogP contribution in [0.25, 0.3) is 0 Å². The number of nitrogens with zero attached hydrogens (tertiary/aromatic N) is 2. The Balaban J connectivity index is 2.27. The van der Waals surface area contributed by atoms with Crippen LogP contribution in [0.3, 0.4) is 0 Å². The van der Waals surface area contributed by atoms with Crippen molar-refractivity contribution in [3.05, 3.63) is 0 Å². The van der Waals surface area contributed by atoms with E-state index >= 15 is 0 Å². The third-order valence-corrected chi connectivity index (χ3v) is 13.0. The number of ether oxygens (including phenoxy) is 3. The monoisotopic (exact) mass is 835 g/mol. The van der Waals surface area contributed by atoms with E-state index in [1.54, 1.807) is 0 Å². The summed E-state index contributed by atoms with van der Waals surface area (Å²) >= 11 is 0. The molecule has 1 aliphatic rings. The summed E-state index contributed by atoms with van der Waals surface area (Å²) in [6, 6.07) is 0. The number of carbonyl (C=O) groups is 2. The number of carbonyl (C=O) groups excluding carboxylic acids is 2. The van der Waals surface area contributed by atoms with E-state index in [1.165, 1.54) is 206 Å². The fraction of sp³-hybridized carbons (Fsp3) is 0.962. The molecule has 0 aromatic rings. The Labute approximate surface area is 368 Å². The Hall–Kier alpha value is -1.18. The zero-order chi connectivity index (χ0) is 42.9. The first-order valence-corrected chi connectivity index (χ1v) is 26.2. The molecule has 0 amide bonds. The van der Waals surface area contributed by atoms with Crippen LogP contribution >= 0.6 is 0 Å². The Morgan fingerprint density at radius 2 is 0.780 bits per heavy atom. The quantitative estimate of drug-likeness (QED) is 0.0447. The minimum Gasteiger partial charge on any atom is -0.466 e. The van der Waals surface area contributed by atoms with E-state index in [2.05, 4.69) is 44.5 Å². The Bertz CT molecular complexity index is 834. The van der Waals surface area contributed by atoms with E-state index in [9.17, 15) is 9.59 Å². The molecule has 0 N–H and O–H groups in total. The summed E-state index contributed by atoms with van der Waals surface area (Å²) in [5.74, 6) is 1.07. The van der Waals surface area contributed by atoms with Gasteiger partial charge in [-0.25, -0.2) is 0 Å². The van der Waals surface area contributed by atoms with Crippen LogP contribution in [-0.2, 0) is 23.8 Å². The molecule has 0 aromatic carbocycles. The number of esters is 2. The molecule has 1 fully saturated rings. The van der Waals surface area contributed by atoms with Crippen LogP contribution in [0.15, 0.2) is 0 Å². The van der Waals surface area contributed by atoms with Crippen LogP contribution in [0, 0.1) is 11.8 Å². The van der Waals surface area contributed by atoms with Gasteiger partial charge in [0.2, 0.25) is 0 Å². The van der Waals surface area contributed by atoms with Gasteiger partial charge in [-0.1, -0.05) is 169 Å². The van der Waals surface area contributed by atoms with Gasteiger partial charge in [-0.05, 0) is 89.6 Å². The van der Waals surface area contributed by atoms with Crippen molar-refractivity contribution < 1.29 is 23.8 Å². The molecule has 7 heteroatoms. The Morgan fingerprint density at radius 1 is 0.424 bits per heavy atom. The zero-order valence-electron chi connectivity index (χ0n) is 40.4. The van der Waals surface area contributed by atoms with Crippen molar-refractivity contribution in [1.29, 1.82) is 0 Å². The Morgan fingerprint density at radius 3 is 1.19 bits per heavy atom. The molecule has 1 rings (SSSR count). The number of hydrogen-bond donors (Lipinski definition) is 0. The SMILES string of the molecule is CCCCCC(CCCCC)CC(=O)OCCCCCCCCC(CCCCCCCCOC(=O)CC(CCCCC)CCCCC)OCCCCN1CCN(C)CC1. The van der Waals surface area contributed by atoms with Gasteiger partial charge in [0.25, 0.3) is 0 Å². The van der Waals surface area contributed by atoms with Gasteiger partial charge in [-0.2, -0.15) is 0 Å². The van der Waals surface area contributed by atoms with Gasteiger partial charge in [-0.15, -0.1) is 0 Å². The molecular weight excluding hydrogens is 733 g/mol. The van der Waals surface area contributed by atoms with Gasteiger partial charge in [0.15, 0.2) is 0 Å². The van der Waals surface area contributed by atoms with Crippen molar-refractivity contribution in [2.45, 2.75) is 252 Å². The lowest BCUT2D eigenvalue weighted by molar-refractivity contribution is -0.146. The molecule has 350 valence electrons. The van der Waals surface area contributed by atoms with E-state index in [-0.39, 0.29) is 11.9 Å². The molecule has 1 heterocycles. The molecule has 0 aromatic heterocycles. The third-order valence-electron chi connectivity index (χ3n) is 13.0. The standard InChI is InChI=1S/C52H102N2O5/c1-6-10-22-32-48(33-23-11-7-2)46-51(55)58-44-29-20-16-14-18-26-36-50(57-43-31-28-38-54-41-39-53(5)40-42-54)37-27-19-15-17-21-30-45-59-52(56)47-49(34-24-12-8-3)35-25-13-9-4/h48-50H,6-47H2,1-5H3. The summed E-state index contributed by atoms with van der Waals surface area (Å²) < 4.78 is 17.9. The first kappa shape index (κ1) is 55.8. The number of hydrogen-bond acceptors (Lipinski definition) is 7. The van der Waals surface area contributed by atoms with Crippen molar-refractivity contribution in [3.63, 3.8) is 0 Å². The van der Waals surface area contributed by atoms with E-state index in [0.29, 0.717) is 44.0 Å². The van der Waals surface area contributed by atoms with Crippen molar-refractivity contribution in [3.8, 4) is 0 Å². The highest BCUT2D eigenvalue weighted by Gasteiger charge is 2.17. The van der Waals surface area contributed by atoms with Crippen molar-refractivity contribution in [2.24, 2.45) is 11.8 Å². The van der Waals surface area contributed by atoms with Gasteiger partial charge in [-0.3, -0.25) is 9.59 Å². The van der Waals surface area contributed by atoms with E-state index in [4.69, 9.17) is 14.2 Å². The molecule has 0 bridgehead atoms. The highest BCUT2D eigenvalue weighted by atomic mass is 16.5. The molecule has 0 spiro atoms. The largest absolute Gasteiger partial charge is 0.466 e. The normalized spacial score (nSPS) is 14.0. The van der Waals surface area contributed by atoms with Gasteiger partial charge >= 0.3 is 11.9 Å². The first-order valence-electron chi connectivity index (χ1n) is 26.2. The predicted octanol–water partition coefficient (Wildman–Crippen LogP) is 14.3. The maximum Gasteiger partial charge on any atom is 0.306 e. The molecule has 1 aliphatic heterocycles. The van der Waals surface area contributed by atoms with Crippen LogP contribution in [-0.4, -0.2) is 87.4 Å². The summed E-state index contributed by atoms with van der Waals surface area (Å²) in [6.07, 6.45) is 40.4. The van der Waals surface area contributed by atoms with Crippen LogP contribution in [0.4, 0.5) is 0 Å². The van der Waals surface area contributed by atoms with Crippen LogP contribution < -0.4 is 0 Å². The number of piperazine rings is 1. The summed E-state index contributed by atoms with van der Waals surface area (Å²) in [6.45, 7) is 17.1. The van der Waals surface area contributed by atoms with E-state index in [0.717, 1.165) is 38.7 Å². The van der Waals surface area contributed by atoms with Gasteiger partial charge in [0, 0.05) is 45.6 Å². The molecule has 59 heavy (non-hydrogen) atoms. The van der Waals surface area contributed by atoms with Crippen molar-refractivity contribution >= 4 is 11.9 Å². The first-order chi connectivity index (χ1) is 28.9. The van der Waals surface area contributed by atoms with Crippen LogP contribution in [0.5, 0.6) is 0 Å². The van der Waals surface area contributed by atoms with Gasteiger partial charge < -0.3 is 24.0 Å². The summed E-state index contributed by atoms with van der Waals surface area (Å²) in [4.78, 5) is 30.2. The molecule has 0 aliphatic carbocycles. The van der Waals surface area contributed by atoms with Crippen molar-refractivity contribution in [2.75, 3.05) is 59.6 Å². The second-order valence-electron chi connectivity index (χ2n) is 18.7. The number of rotatable bonds is 44. The fourth-order valence-corrected chi connectivity index (χ4v) is 8.82. The van der Waals surface area contributed by atoms with Gasteiger partial charge in [0.05, 0.1) is 19.3 Å². The van der Waals surface area contributed by atoms with E-state index < -0.39 is 0 Å². The smallest absolute Gasteiger partial charge is 0.306 e. The molecule has 0 saturated carbocycles. The second kappa shape index (κ2) is 42.1.